The molecule has 2 N–H and O–H groups in total. The summed E-state index contributed by atoms with van der Waals surface area (Å²) in [5.74, 6) is 2.12. The summed E-state index contributed by atoms with van der Waals surface area (Å²) in [5.41, 5.74) is 5.91. The van der Waals surface area contributed by atoms with E-state index < -0.39 is 0 Å². The lowest BCUT2D eigenvalue weighted by molar-refractivity contribution is 0.782. The lowest BCUT2D eigenvalue weighted by atomic mass is 10.2. The third kappa shape index (κ3) is 2.26. The Hall–Kier alpha value is -2.32. The maximum atomic E-state index is 4.58. The molecule has 2 aliphatic rings. The molecule has 22 heavy (non-hydrogen) atoms. The first-order valence-electron chi connectivity index (χ1n) is 6.73. The molecule has 8 heteroatoms. The molecular weight excluding hydrogens is 346 g/mol. The molecule has 4 rings (SSSR count). The van der Waals surface area contributed by atoms with Gasteiger partial charge in [0.05, 0.1) is 16.4 Å². The molecule has 0 fully saturated rings. The van der Waals surface area contributed by atoms with Gasteiger partial charge in [0.15, 0.2) is 11.7 Å². The number of halogens is 1. The number of hydrogen-bond donors (Lipinski definition) is 2. The van der Waals surface area contributed by atoms with Gasteiger partial charge in [0.2, 0.25) is 5.95 Å². The number of nitrogens with zero attached hydrogens (tertiary/aromatic N) is 5. The van der Waals surface area contributed by atoms with Crippen molar-refractivity contribution in [2.24, 2.45) is 4.99 Å². The van der Waals surface area contributed by atoms with Crippen LogP contribution >= 0.6 is 15.9 Å². The SMILES string of the molecule is Cc1ccc(Nc2ncc3c(n2)N2NCN=C2C(Br)=C3)cn1. The first-order chi connectivity index (χ1) is 10.7. The average molecular weight is 358 g/mol. The largest absolute Gasteiger partial charge is 0.323 e. The average Bonchev–Trinajstić information content (AvgIpc) is 3.01. The fourth-order valence-electron chi connectivity index (χ4n) is 2.28. The highest BCUT2D eigenvalue weighted by atomic mass is 79.9. The highest BCUT2D eigenvalue weighted by molar-refractivity contribution is 9.12. The summed E-state index contributed by atoms with van der Waals surface area (Å²) in [4.78, 5) is 17.6. The van der Waals surface area contributed by atoms with Crippen LogP contribution in [0.2, 0.25) is 0 Å². The molecular formula is C14H12BrN7. The quantitative estimate of drug-likeness (QED) is 0.858. The van der Waals surface area contributed by atoms with Crippen LogP contribution < -0.4 is 15.8 Å². The predicted molar refractivity (Wildman–Crippen MR) is 89.1 cm³/mol. The molecule has 2 aliphatic heterocycles. The van der Waals surface area contributed by atoms with E-state index in [1.807, 2.05) is 30.1 Å². The minimum atomic E-state index is 0.517. The van der Waals surface area contributed by atoms with Crippen LogP contribution in [0.25, 0.3) is 6.08 Å². The molecule has 2 aromatic heterocycles. The second-order valence-electron chi connectivity index (χ2n) is 4.91. The van der Waals surface area contributed by atoms with Gasteiger partial charge in [-0.1, -0.05) is 0 Å². The molecule has 4 heterocycles. The molecule has 0 radical (unpaired) electrons. The number of aryl methyl sites for hydroxylation is 1. The van der Waals surface area contributed by atoms with Crippen molar-refractivity contribution < 1.29 is 0 Å². The van der Waals surface area contributed by atoms with Crippen LogP contribution in [0.15, 0.2) is 34.0 Å². The van der Waals surface area contributed by atoms with Gasteiger partial charge in [0, 0.05) is 17.5 Å². The molecule has 110 valence electrons. The molecule has 0 saturated heterocycles. The highest BCUT2D eigenvalue weighted by Crippen LogP contribution is 2.31. The zero-order valence-electron chi connectivity index (χ0n) is 11.7. The van der Waals surface area contributed by atoms with E-state index in [9.17, 15) is 0 Å². The first-order valence-corrected chi connectivity index (χ1v) is 7.52. The Balaban J connectivity index is 1.69. The topological polar surface area (TPSA) is 78.3 Å². The van der Waals surface area contributed by atoms with Crippen molar-refractivity contribution in [2.75, 3.05) is 17.0 Å². The van der Waals surface area contributed by atoms with Crippen molar-refractivity contribution in [3.63, 3.8) is 0 Å². The van der Waals surface area contributed by atoms with Gasteiger partial charge in [0.1, 0.15) is 6.67 Å². The number of pyridine rings is 1. The second-order valence-corrected chi connectivity index (χ2v) is 5.77. The first kappa shape index (κ1) is 13.4. The summed E-state index contributed by atoms with van der Waals surface area (Å²) in [5, 5.41) is 5.02. The highest BCUT2D eigenvalue weighted by Gasteiger charge is 2.28. The van der Waals surface area contributed by atoms with Gasteiger partial charge in [-0.25, -0.2) is 20.4 Å². The molecule has 0 saturated carbocycles. The number of aromatic nitrogens is 3. The lowest BCUT2D eigenvalue weighted by Gasteiger charge is -2.24. The molecule has 0 bridgehead atoms. The Morgan fingerprint density at radius 3 is 3.00 bits per heavy atom. The lowest BCUT2D eigenvalue weighted by Crippen LogP contribution is -2.40. The molecule has 0 atom stereocenters. The van der Waals surface area contributed by atoms with E-state index in [1.54, 1.807) is 12.4 Å². The Kier molecular flexibility index (Phi) is 3.12. The van der Waals surface area contributed by atoms with E-state index in [4.69, 9.17) is 0 Å². The van der Waals surface area contributed by atoms with E-state index in [1.165, 1.54) is 0 Å². The summed E-state index contributed by atoms with van der Waals surface area (Å²) in [6.07, 6.45) is 5.51. The normalized spacial score (nSPS) is 15.8. The molecule has 0 amide bonds. The van der Waals surface area contributed by atoms with Crippen molar-refractivity contribution in [1.29, 1.82) is 0 Å². The van der Waals surface area contributed by atoms with Crippen molar-refractivity contribution in [3.05, 3.63) is 40.3 Å². The zero-order valence-corrected chi connectivity index (χ0v) is 13.3. The minimum absolute atomic E-state index is 0.517. The monoisotopic (exact) mass is 357 g/mol. The smallest absolute Gasteiger partial charge is 0.229 e. The summed E-state index contributed by atoms with van der Waals surface area (Å²) >= 11 is 3.51. The summed E-state index contributed by atoms with van der Waals surface area (Å²) in [7, 11) is 0. The Morgan fingerprint density at radius 2 is 2.18 bits per heavy atom. The summed E-state index contributed by atoms with van der Waals surface area (Å²) < 4.78 is 0.914. The maximum absolute atomic E-state index is 4.58. The second kappa shape index (κ2) is 5.15. The maximum Gasteiger partial charge on any atom is 0.229 e. The molecule has 2 aromatic rings. The van der Waals surface area contributed by atoms with Gasteiger partial charge in [0.25, 0.3) is 0 Å². The third-order valence-corrected chi connectivity index (χ3v) is 3.92. The van der Waals surface area contributed by atoms with Gasteiger partial charge >= 0.3 is 0 Å². The minimum Gasteiger partial charge on any atom is -0.323 e. The molecule has 0 unspecified atom stereocenters. The van der Waals surface area contributed by atoms with Crippen LogP contribution in [0, 0.1) is 6.92 Å². The van der Waals surface area contributed by atoms with E-state index in [-0.39, 0.29) is 0 Å². The standard InChI is InChI=1S/C14H12BrN7/c1-8-2-3-10(6-16-8)20-14-17-5-9-4-11(15)13-18-7-19-22(13)12(9)21-14/h2-6,19H,7H2,1H3,(H,17,20,21). The van der Waals surface area contributed by atoms with Gasteiger partial charge < -0.3 is 5.32 Å². The van der Waals surface area contributed by atoms with Gasteiger partial charge in [-0.05, 0) is 41.1 Å². The Labute approximate surface area is 135 Å². The van der Waals surface area contributed by atoms with Gasteiger partial charge in [-0.3, -0.25) is 4.98 Å². The summed E-state index contributed by atoms with van der Waals surface area (Å²) in [6, 6.07) is 3.88. The van der Waals surface area contributed by atoms with E-state index in [2.05, 4.69) is 46.6 Å². The van der Waals surface area contributed by atoms with Crippen LogP contribution in [0.5, 0.6) is 0 Å². The number of rotatable bonds is 2. The summed E-state index contributed by atoms with van der Waals surface area (Å²) in [6.45, 7) is 2.48. The number of hydrogen-bond acceptors (Lipinski definition) is 7. The van der Waals surface area contributed by atoms with Gasteiger partial charge in [-0.15, -0.1) is 0 Å². The van der Waals surface area contributed by atoms with E-state index >= 15 is 0 Å². The van der Waals surface area contributed by atoms with Crippen LogP contribution in [0.3, 0.4) is 0 Å². The Morgan fingerprint density at radius 1 is 1.27 bits per heavy atom. The Bertz CT molecular complexity index is 797. The number of anilines is 3. The van der Waals surface area contributed by atoms with Crippen molar-refractivity contribution >= 4 is 45.3 Å². The number of amidine groups is 1. The number of hydrazine groups is 1. The fourth-order valence-corrected chi connectivity index (χ4v) is 2.83. The van der Waals surface area contributed by atoms with Crippen molar-refractivity contribution in [2.45, 2.75) is 6.92 Å². The number of fused-ring (bicyclic) bond motifs is 3. The van der Waals surface area contributed by atoms with Crippen LogP contribution in [0.1, 0.15) is 11.3 Å². The predicted octanol–water partition coefficient (Wildman–Crippen LogP) is 2.35. The van der Waals surface area contributed by atoms with E-state index in [0.717, 1.165) is 33.1 Å². The zero-order chi connectivity index (χ0) is 15.1. The fraction of sp³-hybridized carbons (Fsp3) is 0.143. The van der Waals surface area contributed by atoms with Crippen LogP contribution in [0.4, 0.5) is 17.5 Å². The van der Waals surface area contributed by atoms with Crippen LogP contribution in [-0.4, -0.2) is 27.5 Å². The van der Waals surface area contributed by atoms with E-state index in [0.29, 0.717) is 12.6 Å². The third-order valence-electron chi connectivity index (χ3n) is 3.34. The molecule has 0 aromatic carbocycles. The van der Waals surface area contributed by atoms with Crippen molar-refractivity contribution in [1.82, 2.24) is 20.4 Å². The molecule has 0 spiro atoms. The molecule has 7 nitrogen and oxygen atoms in total. The van der Waals surface area contributed by atoms with Crippen molar-refractivity contribution in [3.8, 4) is 0 Å². The number of nitrogens with one attached hydrogen (secondary N) is 2. The number of aliphatic imine (C=N–C) groups is 1. The van der Waals surface area contributed by atoms with Crippen LogP contribution in [-0.2, 0) is 0 Å². The van der Waals surface area contributed by atoms with Gasteiger partial charge in [-0.2, -0.15) is 4.98 Å². The molecule has 0 aliphatic carbocycles.